The number of fused-ring (bicyclic) bond motifs is 1. The maximum atomic E-state index is 11.9. The molecule has 5 heteroatoms. The highest BCUT2D eigenvalue weighted by Gasteiger charge is 2.38. The van der Waals surface area contributed by atoms with E-state index in [1.54, 1.807) is 24.3 Å². The lowest BCUT2D eigenvalue weighted by atomic mass is 10.1. The fraction of sp³-hybridized carbons (Fsp3) is 0.333. The molecule has 0 unspecified atom stereocenters. The molecular weight excluding hydrogens is 222 g/mol. The summed E-state index contributed by atoms with van der Waals surface area (Å²) in [5, 5.41) is 0.851. The number of hydroxylamine groups is 2. The molecule has 1 saturated heterocycles. The quantitative estimate of drug-likeness (QED) is 0.715. The van der Waals surface area contributed by atoms with Crippen molar-refractivity contribution in [3.05, 3.63) is 35.4 Å². The molecule has 3 rings (SSSR count). The molecule has 0 bridgehead atoms. The van der Waals surface area contributed by atoms with Crippen molar-refractivity contribution in [2.45, 2.75) is 12.5 Å². The van der Waals surface area contributed by atoms with Gasteiger partial charge in [-0.1, -0.05) is 12.1 Å². The van der Waals surface area contributed by atoms with E-state index in [0.29, 0.717) is 30.8 Å². The molecule has 0 saturated carbocycles. The normalized spacial score (nSPS) is 23.3. The number of carbonyl (C=O) groups is 2. The van der Waals surface area contributed by atoms with Crippen molar-refractivity contribution in [3.63, 3.8) is 0 Å². The van der Waals surface area contributed by atoms with E-state index in [2.05, 4.69) is 0 Å². The Kier molecular flexibility index (Phi) is 2.42. The Labute approximate surface area is 97.9 Å². The van der Waals surface area contributed by atoms with Crippen molar-refractivity contribution in [3.8, 4) is 0 Å². The van der Waals surface area contributed by atoms with E-state index in [1.165, 1.54) is 0 Å². The lowest BCUT2D eigenvalue weighted by molar-refractivity contribution is -0.131. The second-order valence-corrected chi connectivity index (χ2v) is 4.04. The van der Waals surface area contributed by atoms with Crippen LogP contribution in [-0.2, 0) is 9.57 Å². The second-order valence-electron chi connectivity index (χ2n) is 4.04. The summed E-state index contributed by atoms with van der Waals surface area (Å²) in [5.74, 6) is -0.782. The van der Waals surface area contributed by atoms with Crippen LogP contribution in [0.1, 0.15) is 27.1 Å². The van der Waals surface area contributed by atoms with Gasteiger partial charge in [0.2, 0.25) is 0 Å². The molecule has 5 nitrogen and oxygen atoms in total. The summed E-state index contributed by atoms with van der Waals surface area (Å²) in [7, 11) is 0. The average Bonchev–Trinajstić information content (AvgIpc) is 2.94. The minimum atomic E-state index is -0.391. The monoisotopic (exact) mass is 233 g/mol. The summed E-state index contributed by atoms with van der Waals surface area (Å²) in [4.78, 5) is 29.3. The van der Waals surface area contributed by atoms with Gasteiger partial charge in [0, 0.05) is 13.0 Å². The number of rotatable bonds is 2. The van der Waals surface area contributed by atoms with Crippen LogP contribution < -0.4 is 0 Å². The Balaban J connectivity index is 1.84. The van der Waals surface area contributed by atoms with Crippen LogP contribution in [0.3, 0.4) is 0 Å². The van der Waals surface area contributed by atoms with Crippen LogP contribution in [0, 0.1) is 0 Å². The molecule has 0 aromatic heterocycles. The van der Waals surface area contributed by atoms with E-state index >= 15 is 0 Å². The molecule has 2 aliphatic rings. The Morgan fingerprint density at radius 2 is 1.82 bits per heavy atom. The van der Waals surface area contributed by atoms with Gasteiger partial charge in [0.25, 0.3) is 11.8 Å². The zero-order valence-electron chi connectivity index (χ0n) is 9.09. The van der Waals surface area contributed by atoms with Gasteiger partial charge in [-0.05, 0) is 12.1 Å². The molecule has 0 spiro atoms. The molecule has 0 radical (unpaired) electrons. The number of hydrogen-bond donors (Lipinski definition) is 0. The highest BCUT2D eigenvalue weighted by molar-refractivity contribution is 6.20. The number of hydrogen-bond acceptors (Lipinski definition) is 4. The van der Waals surface area contributed by atoms with Crippen molar-refractivity contribution in [1.29, 1.82) is 0 Å². The lowest BCUT2D eigenvalue weighted by Gasteiger charge is -2.17. The minimum absolute atomic E-state index is 0.211. The van der Waals surface area contributed by atoms with E-state index in [1.807, 2.05) is 0 Å². The molecule has 88 valence electrons. The zero-order valence-corrected chi connectivity index (χ0v) is 9.09. The standard InChI is InChI=1S/C12H11NO4/c14-11-9-3-1-2-4-10(9)12(15)13(11)17-8-5-6-16-7-8/h1-4,8H,5-7H2/t8-/m0/s1. The number of carbonyl (C=O) groups excluding carboxylic acids is 2. The minimum Gasteiger partial charge on any atom is -0.379 e. The predicted octanol–water partition coefficient (Wildman–Crippen LogP) is 1.00. The van der Waals surface area contributed by atoms with Crippen molar-refractivity contribution in [2.24, 2.45) is 0 Å². The highest BCUT2D eigenvalue weighted by atomic mass is 16.7. The lowest BCUT2D eigenvalue weighted by Crippen LogP contribution is -2.34. The Hall–Kier alpha value is -1.72. The van der Waals surface area contributed by atoms with Crippen LogP contribution in [0.4, 0.5) is 0 Å². The molecule has 1 fully saturated rings. The van der Waals surface area contributed by atoms with E-state index in [4.69, 9.17) is 9.57 Å². The summed E-state index contributed by atoms with van der Waals surface area (Å²) in [6.07, 6.45) is 0.491. The third kappa shape index (κ3) is 1.64. The first kappa shape index (κ1) is 10.4. The summed E-state index contributed by atoms with van der Waals surface area (Å²) >= 11 is 0. The second kappa shape index (κ2) is 3.94. The van der Waals surface area contributed by atoms with Gasteiger partial charge in [-0.25, -0.2) is 0 Å². The molecule has 17 heavy (non-hydrogen) atoms. The third-order valence-electron chi connectivity index (χ3n) is 2.90. The van der Waals surface area contributed by atoms with Gasteiger partial charge in [0.1, 0.15) is 6.10 Å². The van der Waals surface area contributed by atoms with Crippen LogP contribution >= 0.6 is 0 Å². The fourth-order valence-corrected chi connectivity index (χ4v) is 2.01. The largest absolute Gasteiger partial charge is 0.379 e. The first-order valence-electron chi connectivity index (χ1n) is 5.49. The zero-order chi connectivity index (χ0) is 11.8. The third-order valence-corrected chi connectivity index (χ3v) is 2.90. The Morgan fingerprint density at radius 3 is 2.35 bits per heavy atom. The number of benzene rings is 1. The highest BCUT2D eigenvalue weighted by Crippen LogP contribution is 2.24. The number of imide groups is 1. The van der Waals surface area contributed by atoms with Crippen LogP contribution in [0.25, 0.3) is 0 Å². The number of ether oxygens (including phenoxy) is 1. The van der Waals surface area contributed by atoms with E-state index in [-0.39, 0.29) is 6.10 Å². The van der Waals surface area contributed by atoms with Gasteiger partial charge in [0.05, 0.1) is 17.7 Å². The molecule has 2 aliphatic heterocycles. The summed E-state index contributed by atoms with van der Waals surface area (Å²) in [6, 6.07) is 6.71. The molecule has 0 N–H and O–H groups in total. The van der Waals surface area contributed by atoms with Gasteiger partial charge >= 0.3 is 0 Å². The summed E-state index contributed by atoms with van der Waals surface area (Å²) in [6.45, 7) is 1.03. The Morgan fingerprint density at radius 1 is 1.18 bits per heavy atom. The van der Waals surface area contributed by atoms with E-state index < -0.39 is 11.8 Å². The van der Waals surface area contributed by atoms with Crippen molar-refractivity contribution < 1.29 is 19.2 Å². The molecule has 2 amide bonds. The maximum Gasteiger partial charge on any atom is 0.285 e. The summed E-state index contributed by atoms with van der Waals surface area (Å²) in [5.41, 5.74) is 0.799. The van der Waals surface area contributed by atoms with Gasteiger partial charge in [-0.15, -0.1) is 5.06 Å². The van der Waals surface area contributed by atoms with Crippen molar-refractivity contribution >= 4 is 11.8 Å². The number of nitrogens with zero attached hydrogens (tertiary/aromatic N) is 1. The molecular formula is C12H11NO4. The van der Waals surface area contributed by atoms with Crippen LogP contribution in [0.5, 0.6) is 0 Å². The van der Waals surface area contributed by atoms with Crippen LogP contribution in [-0.4, -0.2) is 36.2 Å². The first-order valence-corrected chi connectivity index (χ1v) is 5.49. The molecule has 1 aromatic carbocycles. The van der Waals surface area contributed by atoms with E-state index in [9.17, 15) is 9.59 Å². The van der Waals surface area contributed by atoms with Gasteiger partial charge < -0.3 is 4.74 Å². The Bertz CT molecular complexity index is 444. The van der Waals surface area contributed by atoms with Gasteiger partial charge in [-0.2, -0.15) is 0 Å². The topological polar surface area (TPSA) is 55.8 Å². The molecule has 2 heterocycles. The SMILES string of the molecule is O=C1c2ccccc2C(=O)N1O[C@H]1CCOC1. The fourth-order valence-electron chi connectivity index (χ4n) is 2.01. The first-order chi connectivity index (χ1) is 8.27. The van der Waals surface area contributed by atoms with Crippen LogP contribution in [0.15, 0.2) is 24.3 Å². The van der Waals surface area contributed by atoms with Gasteiger partial charge in [-0.3, -0.25) is 14.4 Å². The number of amides is 2. The molecule has 1 atom stereocenters. The average molecular weight is 233 g/mol. The van der Waals surface area contributed by atoms with E-state index in [0.717, 1.165) is 5.06 Å². The van der Waals surface area contributed by atoms with Crippen molar-refractivity contribution in [1.82, 2.24) is 5.06 Å². The smallest absolute Gasteiger partial charge is 0.285 e. The van der Waals surface area contributed by atoms with Crippen LogP contribution in [0.2, 0.25) is 0 Å². The maximum absolute atomic E-state index is 11.9. The molecule has 0 aliphatic carbocycles. The predicted molar refractivity (Wildman–Crippen MR) is 57.3 cm³/mol. The van der Waals surface area contributed by atoms with Crippen molar-refractivity contribution in [2.75, 3.05) is 13.2 Å². The van der Waals surface area contributed by atoms with Gasteiger partial charge in [0.15, 0.2) is 0 Å². The molecule has 1 aromatic rings. The summed E-state index contributed by atoms with van der Waals surface area (Å²) < 4.78 is 5.14.